The Kier molecular flexibility index (Phi) is 6.76. The summed E-state index contributed by atoms with van der Waals surface area (Å²) in [6, 6.07) is 8.39. The van der Waals surface area contributed by atoms with Crippen LogP contribution in [0.3, 0.4) is 0 Å². The van der Waals surface area contributed by atoms with Gasteiger partial charge in [0.15, 0.2) is 0 Å². The molecule has 0 heterocycles. The molecule has 0 saturated carbocycles. The van der Waals surface area contributed by atoms with Crippen LogP contribution in [0.15, 0.2) is 24.3 Å². The van der Waals surface area contributed by atoms with Crippen LogP contribution in [0.4, 0.5) is 0 Å². The molecule has 1 aromatic carbocycles. The first-order chi connectivity index (χ1) is 7.36. The Morgan fingerprint density at radius 3 is 3.00 bits per heavy atom. The average Bonchev–Trinajstić information content (AvgIpc) is 2.27. The number of rotatable bonds is 7. The zero-order valence-electron chi connectivity index (χ0n) is 9.13. The molecule has 2 nitrogen and oxygen atoms in total. The van der Waals surface area contributed by atoms with Crippen molar-refractivity contribution in [2.24, 2.45) is 0 Å². The predicted molar refractivity (Wildman–Crippen MR) is 72.6 cm³/mol. The second kappa shape index (κ2) is 7.93. The van der Waals surface area contributed by atoms with Crippen LogP contribution in [0.2, 0.25) is 0 Å². The third-order valence-electron chi connectivity index (χ3n) is 2.18. The molecule has 0 amide bonds. The Hall–Kier alpha value is -0.290. The first kappa shape index (κ1) is 12.8. The van der Waals surface area contributed by atoms with Gasteiger partial charge in [-0.3, -0.25) is 3.53 Å². The van der Waals surface area contributed by atoms with E-state index in [0.717, 1.165) is 25.3 Å². The monoisotopic (exact) mass is 319 g/mol. The molecule has 0 aliphatic carbocycles. The van der Waals surface area contributed by atoms with Gasteiger partial charge in [-0.1, -0.05) is 25.5 Å². The van der Waals surface area contributed by atoms with E-state index in [2.05, 4.69) is 51.5 Å². The molecule has 0 aliphatic heterocycles. The largest absolute Gasteiger partial charge is 0.492 e. The number of hydrogen-bond acceptors (Lipinski definition) is 2. The molecule has 0 radical (unpaired) electrons. The SMILES string of the molecule is CCCCc1cccc(OCCNI)c1. The molecule has 0 fully saturated rings. The van der Waals surface area contributed by atoms with Gasteiger partial charge in [-0.15, -0.1) is 0 Å². The Balaban J connectivity index is 2.42. The smallest absolute Gasteiger partial charge is 0.119 e. The van der Waals surface area contributed by atoms with Gasteiger partial charge < -0.3 is 4.74 Å². The van der Waals surface area contributed by atoms with E-state index < -0.39 is 0 Å². The zero-order chi connectivity index (χ0) is 10.9. The van der Waals surface area contributed by atoms with Crippen molar-refractivity contribution in [2.45, 2.75) is 26.2 Å². The summed E-state index contributed by atoms with van der Waals surface area (Å²) in [5.74, 6) is 0.982. The van der Waals surface area contributed by atoms with Crippen molar-refractivity contribution in [1.29, 1.82) is 0 Å². The standard InChI is InChI=1S/C12H18INO/c1-2-3-5-11-6-4-7-12(10-11)15-9-8-14-13/h4,6-7,10,14H,2-3,5,8-9H2,1H3. The maximum atomic E-state index is 5.60. The highest BCUT2D eigenvalue weighted by Crippen LogP contribution is 2.14. The molecule has 0 aromatic heterocycles. The van der Waals surface area contributed by atoms with Gasteiger partial charge in [0.1, 0.15) is 12.4 Å². The van der Waals surface area contributed by atoms with Crippen molar-refractivity contribution in [2.75, 3.05) is 13.2 Å². The normalized spacial score (nSPS) is 10.3. The minimum absolute atomic E-state index is 0.722. The molecule has 3 heteroatoms. The molecule has 0 aliphatic rings. The number of benzene rings is 1. The average molecular weight is 319 g/mol. The lowest BCUT2D eigenvalue weighted by molar-refractivity contribution is 0.325. The van der Waals surface area contributed by atoms with Crippen molar-refractivity contribution in [3.63, 3.8) is 0 Å². The molecule has 1 N–H and O–H groups in total. The molecule has 84 valence electrons. The van der Waals surface area contributed by atoms with Crippen molar-refractivity contribution in [3.8, 4) is 5.75 Å². The first-order valence-corrected chi connectivity index (χ1v) is 6.50. The van der Waals surface area contributed by atoms with Crippen LogP contribution in [-0.4, -0.2) is 13.2 Å². The lowest BCUT2D eigenvalue weighted by Gasteiger charge is -2.07. The van der Waals surface area contributed by atoms with Crippen LogP contribution < -0.4 is 8.27 Å². The second-order valence-electron chi connectivity index (χ2n) is 3.48. The summed E-state index contributed by atoms with van der Waals surface area (Å²) in [6.07, 6.45) is 3.64. The minimum atomic E-state index is 0.722. The molecular formula is C12H18INO. The number of unbranched alkanes of at least 4 members (excludes halogenated alkanes) is 1. The fraction of sp³-hybridized carbons (Fsp3) is 0.500. The van der Waals surface area contributed by atoms with Crippen LogP contribution in [0.1, 0.15) is 25.3 Å². The third kappa shape index (κ3) is 5.37. The number of ether oxygens (including phenoxy) is 1. The summed E-state index contributed by atoms with van der Waals surface area (Å²) >= 11 is 2.13. The summed E-state index contributed by atoms with van der Waals surface area (Å²) in [5, 5.41) is 0. The summed E-state index contributed by atoms with van der Waals surface area (Å²) in [7, 11) is 0. The molecule has 1 aromatic rings. The molecule has 0 atom stereocenters. The van der Waals surface area contributed by atoms with E-state index in [-0.39, 0.29) is 0 Å². The number of aryl methyl sites for hydroxylation is 1. The summed E-state index contributed by atoms with van der Waals surface area (Å²) in [5.41, 5.74) is 1.37. The van der Waals surface area contributed by atoms with Gasteiger partial charge in [0, 0.05) is 29.4 Å². The van der Waals surface area contributed by atoms with E-state index in [1.807, 2.05) is 6.07 Å². The molecule has 0 saturated heterocycles. The number of nitrogens with one attached hydrogen (secondary N) is 1. The quantitative estimate of drug-likeness (QED) is 0.473. The van der Waals surface area contributed by atoms with Crippen molar-refractivity contribution in [3.05, 3.63) is 29.8 Å². The van der Waals surface area contributed by atoms with E-state index in [9.17, 15) is 0 Å². The van der Waals surface area contributed by atoms with Gasteiger partial charge in [-0.05, 0) is 30.5 Å². The minimum Gasteiger partial charge on any atom is -0.492 e. The van der Waals surface area contributed by atoms with E-state index in [4.69, 9.17) is 4.74 Å². The first-order valence-electron chi connectivity index (χ1n) is 5.42. The molecule has 1 rings (SSSR count). The third-order valence-corrected chi connectivity index (χ3v) is 2.72. The van der Waals surface area contributed by atoms with Crippen LogP contribution in [0.5, 0.6) is 5.75 Å². The van der Waals surface area contributed by atoms with E-state index >= 15 is 0 Å². The van der Waals surface area contributed by atoms with Crippen molar-refractivity contribution in [1.82, 2.24) is 3.53 Å². The Labute approximate surface area is 106 Å². The Bertz CT molecular complexity index is 278. The van der Waals surface area contributed by atoms with Gasteiger partial charge in [-0.25, -0.2) is 0 Å². The zero-order valence-corrected chi connectivity index (χ0v) is 11.3. The van der Waals surface area contributed by atoms with Crippen molar-refractivity contribution < 1.29 is 4.74 Å². The Morgan fingerprint density at radius 1 is 1.40 bits per heavy atom. The fourth-order valence-corrected chi connectivity index (χ4v) is 1.60. The van der Waals surface area contributed by atoms with Crippen LogP contribution in [0.25, 0.3) is 0 Å². The lowest BCUT2D eigenvalue weighted by Crippen LogP contribution is -2.11. The van der Waals surface area contributed by atoms with Gasteiger partial charge in [0.2, 0.25) is 0 Å². The van der Waals surface area contributed by atoms with E-state index in [1.165, 1.54) is 18.4 Å². The van der Waals surface area contributed by atoms with Crippen molar-refractivity contribution >= 4 is 22.9 Å². The summed E-state index contributed by atoms with van der Waals surface area (Å²) in [4.78, 5) is 0. The highest BCUT2D eigenvalue weighted by Gasteiger charge is 1.96. The molecule has 0 bridgehead atoms. The van der Waals surface area contributed by atoms with E-state index in [0.29, 0.717) is 0 Å². The van der Waals surface area contributed by atoms with E-state index in [1.54, 1.807) is 0 Å². The number of hydrogen-bond donors (Lipinski definition) is 1. The topological polar surface area (TPSA) is 21.3 Å². The fourth-order valence-electron chi connectivity index (χ4n) is 1.38. The van der Waals surface area contributed by atoms with Crippen LogP contribution >= 0.6 is 22.9 Å². The number of halogens is 1. The molecule has 0 spiro atoms. The van der Waals surface area contributed by atoms with Crippen LogP contribution in [-0.2, 0) is 6.42 Å². The second-order valence-corrected chi connectivity index (χ2v) is 4.25. The van der Waals surface area contributed by atoms with Crippen LogP contribution in [0, 0.1) is 0 Å². The predicted octanol–water partition coefficient (Wildman–Crippen LogP) is 3.35. The highest BCUT2D eigenvalue weighted by atomic mass is 127. The molecule has 0 unspecified atom stereocenters. The molecule has 15 heavy (non-hydrogen) atoms. The summed E-state index contributed by atoms with van der Waals surface area (Å²) < 4.78 is 8.63. The lowest BCUT2D eigenvalue weighted by atomic mass is 10.1. The maximum absolute atomic E-state index is 5.60. The van der Waals surface area contributed by atoms with Gasteiger partial charge in [-0.2, -0.15) is 0 Å². The summed E-state index contributed by atoms with van der Waals surface area (Å²) in [6.45, 7) is 3.81. The highest BCUT2D eigenvalue weighted by molar-refractivity contribution is 14.1. The van der Waals surface area contributed by atoms with Gasteiger partial charge >= 0.3 is 0 Å². The van der Waals surface area contributed by atoms with Gasteiger partial charge in [0.25, 0.3) is 0 Å². The molecular weight excluding hydrogens is 301 g/mol. The maximum Gasteiger partial charge on any atom is 0.119 e. The van der Waals surface area contributed by atoms with Gasteiger partial charge in [0.05, 0.1) is 0 Å². The Morgan fingerprint density at radius 2 is 2.27 bits per heavy atom.